The summed E-state index contributed by atoms with van der Waals surface area (Å²) < 4.78 is 5.59. The molecular weight excluding hydrogens is 174 g/mol. The van der Waals surface area contributed by atoms with E-state index in [2.05, 4.69) is 19.9 Å². The number of rotatable bonds is 7. The van der Waals surface area contributed by atoms with Gasteiger partial charge in [0.1, 0.15) is 6.10 Å². The molecule has 0 aromatic rings. The molecule has 1 atom stereocenters. The van der Waals surface area contributed by atoms with Crippen molar-refractivity contribution in [3.8, 4) is 6.07 Å². The first-order valence-corrected chi connectivity index (χ1v) is 5.83. The van der Waals surface area contributed by atoms with Crippen LogP contribution in [0, 0.1) is 23.2 Å². The molecule has 0 N–H and O–H groups in total. The summed E-state index contributed by atoms with van der Waals surface area (Å²) in [5, 5.41) is 8.84. The van der Waals surface area contributed by atoms with Gasteiger partial charge in [-0.1, -0.05) is 26.7 Å². The molecule has 1 unspecified atom stereocenters. The fourth-order valence-electron chi connectivity index (χ4n) is 1.74. The summed E-state index contributed by atoms with van der Waals surface area (Å²) in [4.78, 5) is 0. The van der Waals surface area contributed by atoms with Gasteiger partial charge in [0.15, 0.2) is 0 Å². The van der Waals surface area contributed by atoms with E-state index in [1.54, 1.807) is 0 Å². The minimum absolute atomic E-state index is 0.121. The van der Waals surface area contributed by atoms with Crippen molar-refractivity contribution in [2.24, 2.45) is 11.8 Å². The molecule has 1 aliphatic rings. The van der Waals surface area contributed by atoms with E-state index in [1.165, 1.54) is 25.7 Å². The lowest BCUT2D eigenvalue weighted by molar-refractivity contribution is 0.0650. The van der Waals surface area contributed by atoms with E-state index >= 15 is 0 Å². The van der Waals surface area contributed by atoms with Gasteiger partial charge in [-0.3, -0.25) is 0 Å². The van der Waals surface area contributed by atoms with Crippen LogP contribution in [0.3, 0.4) is 0 Å². The molecule has 14 heavy (non-hydrogen) atoms. The highest BCUT2D eigenvalue weighted by molar-refractivity contribution is 4.96. The smallest absolute Gasteiger partial charge is 0.146 e. The first-order valence-electron chi connectivity index (χ1n) is 5.83. The third kappa shape index (κ3) is 3.67. The third-order valence-corrected chi connectivity index (χ3v) is 3.16. The molecule has 1 fully saturated rings. The van der Waals surface area contributed by atoms with Gasteiger partial charge in [0.05, 0.1) is 6.07 Å². The summed E-state index contributed by atoms with van der Waals surface area (Å²) >= 11 is 0. The Bertz CT molecular complexity index is 189. The standard InChI is InChI=1S/C12H21NO/c1-3-10(4-2)7-8-14-12(9-13)11-5-6-11/h10-12H,3-8H2,1-2H3. The maximum Gasteiger partial charge on any atom is 0.146 e. The van der Waals surface area contributed by atoms with Gasteiger partial charge in [-0.25, -0.2) is 0 Å². The molecule has 0 heterocycles. The Morgan fingerprint density at radius 3 is 2.43 bits per heavy atom. The van der Waals surface area contributed by atoms with E-state index in [-0.39, 0.29) is 6.10 Å². The number of hydrogen-bond donors (Lipinski definition) is 0. The highest BCUT2D eigenvalue weighted by Crippen LogP contribution is 2.34. The molecule has 1 rings (SSSR count). The summed E-state index contributed by atoms with van der Waals surface area (Å²) in [6, 6.07) is 2.25. The van der Waals surface area contributed by atoms with Crippen LogP contribution in [0.2, 0.25) is 0 Å². The van der Waals surface area contributed by atoms with E-state index in [9.17, 15) is 0 Å². The molecule has 0 saturated heterocycles. The molecule has 2 nitrogen and oxygen atoms in total. The van der Waals surface area contributed by atoms with Crippen molar-refractivity contribution in [3.63, 3.8) is 0 Å². The quantitative estimate of drug-likeness (QED) is 0.625. The van der Waals surface area contributed by atoms with E-state index in [1.807, 2.05) is 0 Å². The van der Waals surface area contributed by atoms with Crippen LogP contribution in [0.1, 0.15) is 46.0 Å². The lowest BCUT2D eigenvalue weighted by Gasteiger charge is -2.14. The van der Waals surface area contributed by atoms with Gasteiger partial charge in [0.2, 0.25) is 0 Å². The average molecular weight is 195 g/mol. The second kappa shape index (κ2) is 6.03. The molecule has 80 valence electrons. The van der Waals surface area contributed by atoms with Gasteiger partial charge >= 0.3 is 0 Å². The number of hydrogen-bond acceptors (Lipinski definition) is 2. The molecule has 0 amide bonds. The predicted molar refractivity (Wildman–Crippen MR) is 56.8 cm³/mol. The van der Waals surface area contributed by atoms with Crippen LogP contribution < -0.4 is 0 Å². The average Bonchev–Trinajstić information content (AvgIpc) is 3.02. The van der Waals surface area contributed by atoms with Crippen molar-refractivity contribution < 1.29 is 4.74 Å². The number of nitrogens with zero attached hydrogens (tertiary/aromatic N) is 1. The molecule has 1 aliphatic carbocycles. The topological polar surface area (TPSA) is 33.0 Å². The van der Waals surface area contributed by atoms with Gasteiger partial charge < -0.3 is 4.74 Å². The van der Waals surface area contributed by atoms with Crippen molar-refractivity contribution in [3.05, 3.63) is 0 Å². The van der Waals surface area contributed by atoms with Crippen LogP contribution in [0.25, 0.3) is 0 Å². The lowest BCUT2D eigenvalue weighted by atomic mass is 10.0. The molecule has 0 aromatic heterocycles. The van der Waals surface area contributed by atoms with Gasteiger partial charge in [0, 0.05) is 6.61 Å². The van der Waals surface area contributed by atoms with Gasteiger partial charge in [-0.2, -0.15) is 5.26 Å². The maximum absolute atomic E-state index is 8.84. The van der Waals surface area contributed by atoms with E-state index in [0.717, 1.165) is 18.9 Å². The zero-order chi connectivity index (χ0) is 10.4. The minimum atomic E-state index is -0.121. The summed E-state index contributed by atoms with van der Waals surface area (Å²) in [5.41, 5.74) is 0. The molecule has 0 bridgehead atoms. The van der Waals surface area contributed by atoms with E-state index < -0.39 is 0 Å². The van der Waals surface area contributed by atoms with Crippen LogP contribution in [0.4, 0.5) is 0 Å². The summed E-state index contributed by atoms with van der Waals surface area (Å²) in [5.74, 6) is 1.32. The summed E-state index contributed by atoms with van der Waals surface area (Å²) in [6.07, 6.45) is 5.80. The monoisotopic (exact) mass is 195 g/mol. The molecule has 0 aliphatic heterocycles. The molecule has 0 radical (unpaired) electrons. The van der Waals surface area contributed by atoms with E-state index in [0.29, 0.717) is 5.92 Å². The molecule has 0 aromatic carbocycles. The summed E-state index contributed by atoms with van der Waals surface area (Å²) in [7, 11) is 0. The van der Waals surface area contributed by atoms with Crippen LogP contribution >= 0.6 is 0 Å². The predicted octanol–water partition coefficient (Wildman–Crippen LogP) is 3.13. The summed E-state index contributed by atoms with van der Waals surface area (Å²) in [6.45, 7) is 5.20. The Morgan fingerprint density at radius 1 is 1.36 bits per heavy atom. The van der Waals surface area contributed by atoms with Crippen molar-refractivity contribution >= 4 is 0 Å². The number of nitriles is 1. The van der Waals surface area contributed by atoms with Crippen LogP contribution in [-0.2, 0) is 4.74 Å². The normalized spacial score (nSPS) is 18.1. The third-order valence-electron chi connectivity index (χ3n) is 3.16. The second-order valence-electron chi connectivity index (χ2n) is 4.23. The lowest BCUT2D eigenvalue weighted by Crippen LogP contribution is -2.15. The zero-order valence-electron chi connectivity index (χ0n) is 9.33. The van der Waals surface area contributed by atoms with Crippen molar-refractivity contribution in [1.82, 2.24) is 0 Å². The SMILES string of the molecule is CCC(CC)CCOC(C#N)C1CC1. The molecule has 0 spiro atoms. The fourth-order valence-corrected chi connectivity index (χ4v) is 1.74. The highest BCUT2D eigenvalue weighted by Gasteiger charge is 2.31. The second-order valence-corrected chi connectivity index (χ2v) is 4.23. The Balaban J connectivity index is 2.09. The Hall–Kier alpha value is -0.550. The molecule has 2 heteroatoms. The molecular formula is C12H21NO. The van der Waals surface area contributed by atoms with Gasteiger partial charge in [0.25, 0.3) is 0 Å². The molecule has 1 saturated carbocycles. The fraction of sp³-hybridized carbons (Fsp3) is 0.917. The van der Waals surface area contributed by atoms with Crippen LogP contribution in [0.15, 0.2) is 0 Å². The Morgan fingerprint density at radius 2 is 2.00 bits per heavy atom. The Kier molecular flexibility index (Phi) is 4.97. The Labute approximate surface area is 87.3 Å². The minimum Gasteiger partial charge on any atom is -0.363 e. The van der Waals surface area contributed by atoms with Gasteiger partial charge in [-0.15, -0.1) is 0 Å². The maximum atomic E-state index is 8.84. The first-order chi connectivity index (χ1) is 6.81. The van der Waals surface area contributed by atoms with Gasteiger partial charge in [-0.05, 0) is 31.1 Å². The van der Waals surface area contributed by atoms with Crippen molar-refractivity contribution in [2.75, 3.05) is 6.61 Å². The number of ether oxygens (including phenoxy) is 1. The van der Waals surface area contributed by atoms with Crippen LogP contribution in [0.5, 0.6) is 0 Å². The van der Waals surface area contributed by atoms with Crippen LogP contribution in [-0.4, -0.2) is 12.7 Å². The van der Waals surface area contributed by atoms with E-state index in [4.69, 9.17) is 10.00 Å². The van der Waals surface area contributed by atoms with Crippen molar-refractivity contribution in [2.45, 2.75) is 52.1 Å². The zero-order valence-corrected chi connectivity index (χ0v) is 9.33. The first kappa shape index (κ1) is 11.5. The highest BCUT2D eigenvalue weighted by atomic mass is 16.5. The largest absolute Gasteiger partial charge is 0.363 e. The van der Waals surface area contributed by atoms with Crippen molar-refractivity contribution in [1.29, 1.82) is 5.26 Å².